The van der Waals surface area contributed by atoms with Crippen LogP contribution < -0.4 is 20.7 Å². The first-order valence-electron chi connectivity index (χ1n) is 23.7. The monoisotopic (exact) mass is 1010 g/mol. The number of aryl methyl sites for hydroxylation is 1. The van der Waals surface area contributed by atoms with Crippen molar-refractivity contribution in [2.45, 2.75) is 78.1 Å². The van der Waals surface area contributed by atoms with Crippen LogP contribution in [-0.2, 0) is 35.2 Å². The molecule has 2 heterocycles. The molecule has 378 valence electrons. The molecule has 0 bridgehead atoms. The number of carbonyl (C=O) groups excluding carboxylic acids is 4. The largest absolute Gasteiger partial charge is 0.508 e. The third-order valence-electron chi connectivity index (χ3n) is 11.9. The summed E-state index contributed by atoms with van der Waals surface area (Å²) in [7, 11) is 0. The van der Waals surface area contributed by atoms with E-state index in [-0.39, 0.29) is 95.2 Å². The molecule has 0 spiro atoms. The number of phenols is 2. The van der Waals surface area contributed by atoms with E-state index in [2.05, 4.69) is 20.9 Å². The molecule has 6 N–H and O–H groups in total. The third kappa shape index (κ3) is 15.8. The number of aliphatic hydroxyl groups is 1. The Bertz CT molecular complexity index is 2560. The molecule has 0 saturated carbocycles. The maximum atomic E-state index is 14.0. The average Bonchev–Trinajstić information content (AvgIpc) is 3.97. The van der Waals surface area contributed by atoms with Crippen molar-refractivity contribution in [2.75, 3.05) is 52.0 Å². The minimum absolute atomic E-state index is 0.0171. The summed E-state index contributed by atoms with van der Waals surface area (Å²) in [6.45, 7) is 8.85. The van der Waals surface area contributed by atoms with Gasteiger partial charge in [0.15, 0.2) is 0 Å². The minimum atomic E-state index is -0.959. The molecule has 1 aliphatic heterocycles. The Labute approximate surface area is 424 Å². The van der Waals surface area contributed by atoms with Gasteiger partial charge in [0.05, 0.1) is 55.2 Å². The fraction of sp³-hybridized carbons (Fsp3) is 0.389. The Morgan fingerprint density at radius 2 is 1.37 bits per heavy atom. The molecule has 4 amide bonds. The number of likely N-dealkylation sites (tertiary alicyclic amines) is 1. The molecule has 0 radical (unpaired) electrons. The van der Waals surface area contributed by atoms with E-state index in [0.29, 0.717) is 18.1 Å². The lowest BCUT2D eigenvalue weighted by Gasteiger charge is -2.35. The summed E-state index contributed by atoms with van der Waals surface area (Å²) in [6, 6.07) is 27.5. The molecule has 71 heavy (non-hydrogen) atoms. The van der Waals surface area contributed by atoms with E-state index in [1.165, 1.54) is 4.90 Å². The molecule has 15 nitrogen and oxygen atoms in total. The van der Waals surface area contributed by atoms with Gasteiger partial charge in [-0.3, -0.25) is 19.2 Å². The Kier molecular flexibility index (Phi) is 20.0. The van der Waals surface area contributed by atoms with E-state index >= 15 is 0 Å². The fourth-order valence-electron chi connectivity index (χ4n) is 8.14. The molecule has 6 rings (SSSR count). The second-order valence-corrected chi connectivity index (χ2v) is 19.5. The molecule has 1 fully saturated rings. The number of aromatic nitrogens is 1. The summed E-state index contributed by atoms with van der Waals surface area (Å²) in [4.78, 5) is 59.7. The van der Waals surface area contributed by atoms with Crippen molar-refractivity contribution >= 4 is 57.7 Å². The van der Waals surface area contributed by atoms with Gasteiger partial charge in [0.2, 0.25) is 23.6 Å². The second-order valence-electron chi connectivity index (χ2n) is 18.3. The van der Waals surface area contributed by atoms with Crippen molar-refractivity contribution < 1.29 is 48.7 Å². The van der Waals surface area contributed by atoms with Gasteiger partial charge in [-0.05, 0) is 94.1 Å². The molecular weight excluding hydrogens is 946 g/mol. The van der Waals surface area contributed by atoms with Crippen LogP contribution in [0.25, 0.3) is 21.6 Å². The van der Waals surface area contributed by atoms with Crippen molar-refractivity contribution in [2.24, 2.45) is 5.41 Å². The van der Waals surface area contributed by atoms with Gasteiger partial charge in [0.1, 0.15) is 35.9 Å². The zero-order valence-corrected chi connectivity index (χ0v) is 42.2. The number of β-amino-alcohol motifs (C(OH)–C–C–N with tert-alkyl or cyclic N) is 1. The van der Waals surface area contributed by atoms with Gasteiger partial charge in [-0.25, -0.2) is 4.98 Å². The summed E-state index contributed by atoms with van der Waals surface area (Å²) < 4.78 is 17.1. The van der Waals surface area contributed by atoms with Gasteiger partial charge in [0, 0.05) is 38.2 Å². The Morgan fingerprint density at radius 3 is 1.94 bits per heavy atom. The van der Waals surface area contributed by atoms with E-state index in [1.54, 1.807) is 41.1 Å². The van der Waals surface area contributed by atoms with Crippen molar-refractivity contribution in [3.05, 3.63) is 131 Å². The Morgan fingerprint density at radius 1 is 0.775 bits per heavy atom. The van der Waals surface area contributed by atoms with E-state index in [0.717, 1.165) is 49.5 Å². The smallest absolute Gasteiger partial charge is 0.246 e. The number of thiazole rings is 1. The predicted octanol–water partition coefficient (Wildman–Crippen LogP) is 7.24. The lowest BCUT2D eigenvalue weighted by atomic mass is 9.85. The van der Waals surface area contributed by atoms with Crippen LogP contribution in [0.15, 0.2) is 103 Å². The van der Waals surface area contributed by atoms with Gasteiger partial charge >= 0.3 is 0 Å². The number of ether oxygens (including phenoxy) is 3. The molecule has 4 aromatic carbocycles. The molecule has 0 unspecified atom stereocenters. The SMILES string of the molecule is Cc1ncsc1-c1ccc(CNC(=O)[C@@H]2C[C@@H](O)CN2C(=O)[C@@H](NC(=O)CCOCCOCCC(=O)NCCOc2ccc(C(=C(CCCl)c3ccc(O)cc3)c3ccc(O)cc3)cc2)C(C)(C)C)cc1. The lowest BCUT2D eigenvalue weighted by Crippen LogP contribution is -2.57. The molecule has 0 aliphatic carbocycles. The lowest BCUT2D eigenvalue weighted by molar-refractivity contribution is -0.144. The number of rotatable bonds is 24. The second kappa shape index (κ2) is 26.2. The number of nitrogens with zero attached hydrogens (tertiary/aromatic N) is 2. The zero-order chi connectivity index (χ0) is 50.9. The third-order valence-corrected chi connectivity index (χ3v) is 13.1. The number of benzene rings is 4. The van der Waals surface area contributed by atoms with E-state index < -0.39 is 35.4 Å². The first-order valence-corrected chi connectivity index (χ1v) is 25.1. The molecule has 17 heteroatoms. The average molecular weight is 1010 g/mol. The highest BCUT2D eigenvalue weighted by molar-refractivity contribution is 7.13. The highest BCUT2D eigenvalue weighted by Gasteiger charge is 2.44. The number of carbonyl (C=O) groups is 4. The number of hydrogen-bond acceptors (Lipinski definition) is 12. The first-order chi connectivity index (χ1) is 34.1. The predicted molar refractivity (Wildman–Crippen MR) is 275 cm³/mol. The molecular formula is C54H64ClN5O10S. The number of amides is 4. The summed E-state index contributed by atoms with van der Waals surface area (Å²) >= 11 is 7.83. The number of alkyl halides is 1. The van der Waals surface area contributed by atoms with Crippen molar-refractivity contribution in [3.8, 4) is 27.7 Å². The molecule has 5 aromatic rings. The van der Waals surface area contributed by atoms with Crippen molar-refractivity contribution in [1.82, 2.24) is 25.8 Å². The van der Waals surface area contributed by atoms with Crippen LogP contribution in [0.2, 0.25) is 0 Å². The summed E-state index contributed by atoms with van der Waals surface area (Å²) in [6.07, 6.45) is -0.109. The number of aliphatic hydroxyl groups excluding tert-OH is 1. The number of nitrogens with one attached hydrogen (secondary N) is 3. The standard InChI is InChI=1S/C54H64ClN5O10S/c1-35-50(71-34-58-35)40-7-5-36(6-8-40)32-57-52(66)46-31-43(63)33-60(46)53(67)51(54(2,3)4)59-48(65)23-27-69-30-29-68-26-22-47(64)56-25-28-70-44-19-13-39(14-20-44)49(38-11-17-42(62)18-12-38)45(21-24-55)37-9-15-41(61)16-10-37/h5-20,34,43,46,51,61-63H,21-33H2,1-4H3,(H,56,64)(H,57,66)(H,59,65)/t43-,46+,51-/m1/s1. The summed E-state index contributed by atoms with van der Waals surface area (Å²) in [5, 5.41) is 39.0. The highest BCUT2D eigenvalue weighted by Crippen LogP contribution is 2.37. The first kappa shape index (κ1) is 54.0. The van der Waals surface area contributed by atoms with Gasteiger partial charge in [0.25, 0.3) is 0 Å². The number of halogens is 1. The summed E-state index contributed by atoms with van der Waals surface area (Å²) in [5.74, 6) is -0.101. The quantitative estimate of drug-likeness (QED) is 0.0206. The van der Waals surface area contributed by atoms with Gasteiger partial charge in [-0.1, -0.05) is 81.4 Å². The van der Waals surface area contributed by atoms with Crippen LogP contribution in [-0.4, -0.2) is 119 Å². The normalized spacial score (nSPS) is 15.4. The Hall–Kier alpha value is -6.30. The Balaban J connectivity index is 0.864. The van der Waals surface area contributed by atoms with Crippen LogP contribution in [0.3, 0.4) is 0 Å². The van der Waals surface area contributed by atoms with Gasteiger partial charge < -0.3 is 50.4 Å². The summed E-state index contributed by atoms with van der Waals surface area (Å²) in [5.41, 5.74) is 8.62. The zero-order valence-electron chi connectivity index (χ0n) is 40.6. The van der Waals surface area contributed by atoms with Crippen molar-refractivity contribution in [1.29, 1.82) is 0 Å². The van der Waals surface area contributed by atoms with E-state index in [4.69, 9.17) is 25.8 Å². The van der Waals surface area contributed by atoms with Crippen LogP contribution >= 0.6 is 22.9 Å². The number of phenolic OH excluding ortho intramolecular Hbond substituents is 2. The van der Waals surface area contributed by atoms with Gasteiger partial charge in [-0.15, -0.1) is 22.9 Å². The number of allylic oxidation sites excluding steroid dienone is 1. The minimum Gasteiger partial charge on any atom is -0.508 e. The van der Waals surface area contributed by atoms with E-state index in [9.17, 15) is 34.5 Å². The molecule has 1 aromatic heterocycles. The van der Waals surface area contributed by atoms with Crippen LogP contribution in [0, 0.1) is 12.3 Å². The number of hydrogen-bond donors (Lipinski definition) is 6. The maximum Gasteiger partial charge on any atom is 0.246 e. The highest BCUT2D eigenvalue weighted by atomic mass is 35.5. The maximum absolute atomic E-state index is 14.0. The van der Waals surface area contributed by atoms with Crippen LogP contribution in [0.4, 0.5) is 0 Å². The van der Waals surface area contributed by atoms with Crippen LogP contribution in [0.5, 0.6) is 17.2 Å². The molecule has 1 aliphatic rings. The van der Waals surface area contributed by atoms with Gasteiger partial charge in [-0.2, -0.15) is 0 Å². The van der Waals surface area contributed by atoms with Crippen molar-refractivity contribution in [3.63, 3.8) is 0 Å². The topological polar surface area (TPSA) is 209 Å². The number of aromatic hydroxyl groups is 2. The van der Waals surface area contributed by atoms with E-state index in [1.807, 2.05) is 100 Å². The van der Waals surface area contributed by atoms with Crippen LogP contribution in [0.1, 0.15) is 74.4 Å². The molecule has 3 atom stereocenters. The fourth-order valence-corrected chi connectivity index (χ4v) is 9.15. The molecule has 1 saturated heterocycles.